The molecule has 3 aromatic rings. The van der Waals surface area contributed by atoms with Gasteiger partial charge >= 0.3 is 0 Å². The summed E-state index contributed by atoms with van der Waals surface area (Å²) in [6.45, 7) is 3.96. The maximum atomic E-state index is 13.9. The average Bonchev–Trinajstić information content (AvgIpc) is 3.27. The standard InChI is InChI=1S/C26H26ClFN6O2/c1-16-14-17(28)9-10-18(16)23-22-24(34(15-30-25(22)36)20-7-3-2-6-19(20)27)32-26(31-23)29-11-5-13-33-12-4-8-21(33)35/h2-3,6-7,9-10,14H,4-5,8,11-13,15H2,1H3,(H,30,36)(H,29,31,32). The zero-order valence-corrected chi connectivity index (χ0v) is 20.6. The maximum absolute atomic E-state index is 13.9. The first-order valence-corrected chi connectivity index (χ1v) is 12.3. The Labute approximate surface area is 213 Å². The maximum Gasteiger partial charge on any atom is 0.258 e. The molecular weight excluding hydrogens is 483 g/mol. The largest absolute Gasteiger partial charge is 0.354 e. The molecule has 0 saturated carbocycles. The molecule has 2 aromatic carbocycles. The second-order valence-corrected chi connectivity index (χ2v) is 9.27. The van der Waals surface area contributed by atoms with E-state index in [2.05, 4.69) is 15.6 Å². The Morgan fingerprint density at radius 2 is 2.00 bits per heavy atom. The van der Waals surface area contributed by atoms with Crippen LogP contribution in [-0.4, -0.2) is 53.0 Å². The number of carbonyl (C=O) groups excluding carboxylic acids is 2. The molecule has 0 atom stereocenters. The summed E-state index contributed by atoms with van der Waals surface area (Å²) in [5.41, 5.74) is 2.68. The van der Waals surface area contributed by atoms with Gasteiger partial charge in [0, 0.05) is 31.6 Å². The average molecular weight is 509 g/mol. The molecule has 2 amide bonds. The van der Waals surface area contributed by atoms with E-state index < -0.39 is 0 Å². The molecule has 0 unspecified atom stereocenters. The molecule has 2 aliphatic rings. The molecule has 0 bridgehead atoms. The van der Waals surface area contributed by atoms with Gasteiger partial charge in [-0.25, -0.2) is 9.37 Å². The fraction of sp³-hybridized carbons (Fsp3) is 0.308. The van der Waals surface area contributed by atoms with Crippen LogP contribution in [0.15, 0.2) is 42.5 Å². The molecule has 36 heavy (non-hydrogen) atoms. The normalized spacial score (nSPS) is 15.2. The lowest BCUT2D eigenvalue weighted by atomic mass is 9.99. The van der Waals surface area contributed by atoms with E-state index in [0.29, 0.717) is 64.4 Å². The predicted octanol–water partition coefficient (Wildman–Crippen LogP) is 4.51. The number of nitrogens with one attached hydrogen (secondary N) is 2. The minimum absolute atomic E-state index is 0.185. The van der Waals surface area contributed by atoms with E-state index in [0.717, 1.165) is 19.4 Å². The highest BCUT2D eigenvalue weighted by atomic mass is 35.5. The lowest BCUT2D eigenvalue weighted by Gasteiger charge is -2.32. The van der Waals surface area contributed by atoms with E-state index >= 15 is 0 Å². The van der Waals surface area contributed by atoms with Gasteiger partial charge in [0.25, 0.3) is 5.91 Å². The number of anilines is 3. The molecule has 1 aromatic heterocycles. The van der Waals surface area contributed by atoms with Crippen LogP contribution >= 0.6 is 11.6 Å². The van der Waals surface area contributed by atoms with Gasteiger partial charge in [-0.05, 0) is 55.7 Å². The highest BCUT2D eigenvalue weighted by Crippen LogP contribution is 2.38. The first-order chi connectivity index (χ1) is 17.4. The zero-order chi connectivity index (χ0) is 25.2. The van der Waals surface area contributed by atoms with Gasteiger partial charge in [0.2, 0.25) is 11.9 Å². The number of nitrogens with zero attached hydrogens (tertiary/aromatic N) is 4. The topological polar surface area (TPSA) is 90.5 Å². The van der Waals surface area contributed by atoms with Crippen LogP contribution in [0.4, 0.5) is 21.8 Å². The summed E-state index contributed by atoms with van der Waals surface area (Å²) in [6, 6.07) is 11.7. The molecule has 5 rings (SSSR count). The van der Waals surface area contributed by atoms with Crippen molar-refractivity contribution in [3.05, 3.63) is 64.4 Å². The van der Waals surface area contributed by atoms with Crippen LogP contribution in [-0.2, 0) is 4.79 Å². The molecule has 2 aliphatic heterocycles. The van der Waals surface area contributed by atoms with Crippen LogP contribution in [0.3, 0.4) is 0 Å². The monoisotopic (exact) mass is 508 g/mol. The molecule has 186 valence electrons. The highest BCUT2D eigenvalue weighted by molar-refractivity contribution is 6.33. The summed E-state index contributed by atoms with van der Waals surface area (Å²) < 4.78 is 13.9. The molecule has 2 N–H and O–H groups in total. The van der Waals surface area contributed by atoms with Crippen LogP contribution in [0.5, 0.6) is 0 Å². The Hall–Kier alpha value is -3.72. The van der Waals surface area contributed by atoms with Crippen molar-refractivity contribution in [3.8, 4) is 11.3 Å². The van der Waals surface area contributed by atoms with Crippen molar-refractivity contribution < 1.29 is 14.0 Å². The van der Waals surface area contributed by atoms with E-state index in [4.69, 9.17) is 16.6 Å². The summed E-state index contributed by atoms with van der Waals surface area (Å²) in [6.07, 6.45) is 2.24. The molecule has 1 saturated heterocycles. The number of aromatic nitrogens is 2. The van der Waals surface area contributed by atoms with Gasteiger partial charge in [-0.2, -0.15) is 4.98 Å². The summed E-state index contributed by atoms with van der Waals surface area (Å²) in [7, 11) is 0. The SMILES string of the molecule is Cc1cc(F)ccc1-c1nc(NCCCN2CCCC2=O)nc2c1C(=O)NCN2c1ccccc1Cl. The Kier molecular flexibility index (Phi) is 6.73. The van der Waals surface area contributed by atoms with Gasteiger partial charge in [0.15, 0.2) is 5.82 Å². The van der Waals surface area contributed by atoms with E-state index in [9.17, 15) is 14.0 Å². The third-order valence-corrected chi connectivity index (χ3v) is 6.74. The summed E-state index contributed by atoms with van der Waals surface area (Å²) >= 11 is 6.49. The number of hydrogen-bond donors (Lipinski definition) is 2. The smallest absolute Gasteiger partial charge is 0.258 e. The molecule has 0 radical (unpaired) electrons. The number of likely N-dealkylation sites (tertiary alicyclic amines) is 1. The molecular formula is C26H26ClFN6O2. The zero-order valence-electron chi connectivity index (χ0n) is 19.9. The number of halogens is 2. The number of aryl methyl sites for hydroxylation is 1. The van der Waals surface area contributed by atoms with E-state index in [1.807, 2.05) is 28.0 Å². The number of amides is 2. The number of fused-ring (bicyclic) bond motifs is 1. The van der Waals surface area contributed by atoms with Crippen molar-refractivity contribution in [2.75, 3.05) is 36.5 Å². The van der Waals surface area contributed by atoms with Crippen LogP contribution in [0.1, 0.15) is 35.2 Å². The summed E-state index contributed by atoms with van der Waals surface area (Å²) in [5.74, 6) is 0.266. The fourth-order valence-electron chi connectivity index (χ4n) is 4.61. The van der Waals surface area contributed by atoms with Crippen molar-refractivity contribution in [2.45, 2.75) is 26.2 Å². The van der Waals surface area contributed by atoms with Gasteiger partial charge in [0.1, 0.15) is 11.4 Å². The first-order valence-electron chi connectivity index (χ1n) is 11.9. The first kappa shape index (κ1) is 24.0. The van der Waals surface area contributed by atoms with Crippen LogP contribution in [0.2, 0.25) is 5.02 Å². The number of hydrogen-bond acceptors (Lipinski definition) is 6. The highest BCUT2D eigenvalue weighted by Gasteiger charge is 2.32. The van der Waals surface area contributed by atoms with Crippen molar-refractivity contribution in [1.82, 2.24) is 20.2 Å². The van der Waals surface area contributed by atoms with Gasteiger partial charge in [-0.1, -0.05) is 23.7 Å². The van der Waals surface area contributed by atoms with Gasteiger partial charge in [0.05, 0.1) is 23.1 Å². The molecule has 0 spiro atoms. The van der Waals surface area contributed by atoms with Crippen LogP contribution in [0, 0.1) is 12.7 Å². The third kappa shape index (κ3) is 4.70. The Morgan fingerprint density at radius 1 is 1.17 bits per heavy atom. The second kappa shape index (κ2) is 10.1. The number of carbonyl (C=O) groups is 2. The van der Waals surface area contributed by atoms with E-state index in [1.165, 1.54) is 12.1 Å². The van der Waals surface area contributed by atoms with Crippen molar-refractivity contribution in [2.24, 2.45) is 0 Å². The lowest BCUT2D eigenvalue weighted by Crippen LogP contribution is -2.42. The lowest BCUT2D eigenvalue weighted by molar-refractivity contribution is -0.127. The van der Waals surface area contributed by atoms with Crippen LogP contribution < -0.4 is 15.5 Å². The number of rotatable bonds is 7. The van der Waals surface area contributed by atoms with E-state index in [-0.39, 0.29) is 24.3 Å². The van der Waals surface area contributed by atoms with Crippen LogP contribution in [0.25, 0.3) is 11.3 Å². The fourth-order valence-corrected chi connectivity index (χ4v) is 4.85. The number of para-hydroxylation sites is 1. The Bertz CT molecular complexity index is 1330. The molecule has 3 heterocycles. The van der Waals surface area contributed by atoms with E-state index in [1.54, 1.807) is 19.1 Å². The minimum Gasteiger partial charge on any atom is -0.354 e. The van der Waals surface area contributed by atoms with Crippen molar-refractivity contribution in [1.29, 1.82) is 0 Å². The third-order valence-electron chi connectivity index (χ3n) is 6.42. The number of benzene rings is 2. The Morgan fingerprint density at radius 3 is 2.75 bits per heavy atom. The summed E-state index contributed by atoms with van der Waals surface area (Å²) in [4.78, 5) is 38.1. The van der Waals surface area contributed by atoms with Crippen molar-refractivity contribution in [3.63, 3.8) is 0 Å². The predicted molar refractivity (Wildman–Crippen MR) is 137 cm³/mol. The van der Waals surface area contributed by atoms with Gasteiger partial charge in [-0.3, -0.25) is 9.59 Å². The molecule has 0 aliphatic carbocycles. The summed E-state index contributed by atoms with van der Waals surface area (Å²) in [5, 5.41) is 6.65. The quantitative estimate of drug-likeness (QED) is 0.456. The molecule has 10 heteroatoms. The second-order valence-electron chi connectivity index (χ2n) is 8.86. The minimum atomic E-state index is -0.365. The van der Waals surface area contributed by atoms with Gasteiger partial charge in [-0.15, -0.1) is 0 Å². The van der Waals surface area contributed by atoms with Crippen molar-refractivity contribution >= 4 is 40.9 Å². The van der Waals surface area contributed by atoms with Gasteiger partial charge < -0.3 is 20.4 Å². The Balaban J connectivity index is 1.53. The molecule has 8 nitrogen and oxygen atoms in total. The molecule has 1 fully saturated rings.